The topological polar surface area (TPSA) is 68.4 Å². The second kappa shape index (κ2) is 3.38. The summed E-state index contributed by atoms with van der Waals surface area (Å²) in [5.41, 5.74) is 5.95. The quantitative estimate of drug-likeness (QED) is 0.753. The largest absolute Gasteiger partial charge is 0.481 e. The van der Waals surface area contributed by atoms with E-state index in [0.29, 0.717) is 11.8 Å². The van der Waals surface area contributed by atoms with Crippen molar-refractivity contribution in [1.82, 2.24) is 4.98 Å². The molecular formula is C8H9N3O2S. The molecule has 1 aliphatic heterocycles. The maximum atomic E-state index is 11.0. The fourth-order valence-corrected chi connectivity index (χ4v) is 2.22. The number of methoxy groups -OCH3 is 1. The summed E-state index contributed by atoms with van der Waals surface area (Å²) >= 11 is 1.47. The Bertz CT molecular complexity index is 383. The number of hydrogen-bond acceptors (Lipinski definition) is 4. The Balaban J connectivity index is 2.38. The van der Waals surface area contributed by atoms with Gasteiger partial charge in [-0.15, -0.1) is 0 Å². The number of carbonyl (C=O) groups is 1. The van der Waals surface area contributed by atoms with Crippen LogP contribution < -0.4 is 15.4 Å². The number of thioether (sulfide) groups is 1. The van der Waals surface area contributed by atoms with Crippen LogP contribution >= 0.6 is 11.8 Å². The molecule has 0 spiro atoms. The van der Waals surface area contributed by atoms with Crippen LogP contribution in [0.5, 0.6) is 5.88 Å². The minimum absolute atomic E-state index is 0.455. The molecule has 0 atom stereocenters. The van der Waals surface area contributed by atoms with Crippen LogP contribution in [0.3, 0.4) is 0 Å². The van der Waals surface area contributed by atoms with E-state index in [1.165, 1.54) is 16.7 Å². The molecule has 74 valence electrons. The van der Waals surface area contributed by atoms with E-state index in [4.69, 9.17) is 10.5 Å². The van der Waals surface area contributed by atoms with Gasteiger partial charge < -0.3 is 10.5 Å². The van der Waals surface area contributed by atoms with E-state index in [2.05, 4.69) is 4.98 Å². The first kappa shape index (κ1) is 9.14. The SMILES string of the molecule is COc1ccc2c(n1)SCN2C(N)=O. The predicted molar refractivity (Wildman–Crippen MR) is 53.6 cm³/mol. The molecule has 2 amide bonds. The van der Waals surface area contributed by atoms with Gasteiger partial charge in [0.05, 0.1) is 18.7 Å². The summed E-state index contributed by atoms with van der Waals surface area (Å²) in [6, 6.07) is 3.04. The van der Waals surface area contributed by atoms with E-state index in [1.54, 1.807) is 19.2 Å². The van der Waals surface area contributed by atoms with Crippen molar-refractivity contribution in [2.75, 3.05) is 17.9 Å². The van der Waals surface area contributed by atoms with Crippen molar-refractivity contribution in [3.8, 4) is 5.88 Å². The predicted octanol–water partition coefficient (Wildman–Crippen LogP) is 1.04. The zero-order valence-electron chi connectivity index (χ0n) is 7.56. The highest BCUT2D eigenvalue weighted by atomic mass is 32.2. The molecule has 1 aromatic heterocycles. The highest BCUT2D eigenvalue weighted by Gasteiger charge is 2.24. The molecule has 6 heteroatoms. The number of amides is 2. The van der Waals surface area contributed by atoms with Crippen molar-refractivity contribution >= 4 is 23.5 Å². The zero-order chi connectivity index (χ0) is 10.1. The number of fused-ring (bicyclic) bond motifs is 1. The highest BCUT2D eigenvalue weighted by molar-refractivity contribution is 7.99. The highest BCUT2D eigenvalue weighted by Crippen LogP contribution is 2.37. The van der Waals surface area contributed by atoms with Crippen molar-refractivity contribution in [3.05, 3.63) is 12.1 Å². The Labute approximate surface area is 85.2 Å². The number of anilines is 1. The van der Waals surface area contributed by atoms with Gasteiger partial charge >= 0.3 is 6.03 Å². The molecule has 1 aromatic rings. The minimum atomic E-state index is -0.455. The summed E-state index contributed by atoms with van der Waals surface area (Å²) in [4.78, 5) is 16.7. The molecule has 1 aliphatic rings. The fourth-order valence-electron chi connectivity index (χ4n) is 1.22. The number of aromatic nitrogens is 1. The number of rotatable bonds is 1. The zero-order valence-corrected chi connectivity index (χ0v) is 8.37. The summed E-state index contributed by atoms with van der Waals surface area (Å²) in [5, 5.41) is 0.781. The molecule has 2 rings (SSSR count). The summed E-state index contributed by atoms with van der Waals surface area (Å²) in [5.74, 6) is 1.06. The van der Waals surface area contributed by atoms with Gasteiger partial charge in [-0.05, 0) is 6.07 Å². The summed E-state index contributed by atoms with van der Waals surface area (Å²) in [6.07, 6.45) is 0. The van der Waals surface area contributed by atoms with Crippen LogP contribution in [0.15, 0.2) is 17.2 Å². The van der Waals surface area contributed by atoms with Crippen LogP contribution in [-0.4, -0.2) is 24.0 Å². The van der Waals surface area contributed by atoms with Crippen LogP contribution in [0.1, 0.15) is 0 Å². The molecule has 0 aromatic carbocycles. The molecule has 2 heterocycles. The fraction of sp³-hybridized carbons (Fsp3) is 0.250. The summed E-state index contributed by atoms with van der Waals surface area (Å²) < 4.78 is 4.98. The lowest BCUT2D eigenvalue weighted by Crippen LogP contribution is -2.33. The number of carbonyl (C=O) groups excluding carboxylic acids is 1. The Hall–Kier alpha value is -1.43. The average Bonchev–Trinajstić information content (AvgIpc) is 2.59. The molecular weight excluding hydrogens is 202 g/mol. The van der Waals surface area contributed by atoms with Crippen LogP contribution in [-0.2, 0) is 0 Å². The number of primary amides is 1. The summed E-state index contributed by atoms with van der Waals surface area (Å²) in [6.45, 7) is 0. The number of hydrogen-bond donors (Lipinski definition) is 1. The number of ether oxygens (including phenoxy) is 1. The Kier molecular flexibility index (Phi) is 2.20. The first-order valence-electron chi connectivity index (χ1n) is 3.97. The molecule has 0 fully saturated rings. The van der Waals surface area contributed by atoms with E-state index in [0.717, 1.165) is 10.7 Å². The first-order valence-corrected chi connectivity index (χ1v) is 4.95. The maximum absolute atomic E-state index is 11.0. The number of nitrogens with zero attached hydrogens (tertiary/aromatic N) is 2. The maximum Gasteiger partial charge on any atom is 0.320 e. The number of nitrogens with two attached hydrogens (primary N) is 1. The van der Waals surface area contributed by atoms with Gasteiger partial charge in [0, 0.05) is 6.07 Å². The second-order valence-electron chi connectivity index (χ2n) is 2.72. The molecule has 14 heavy (non-hydrogen) atoms. The molecule has 0 radical (unpaired) electrons. The lowest BCUT2D eigenvalue weighted by molar-refractivity contribution is 0.255. The molecule has 2 N–H and O–H groups in total. The smallest absolute Gasteiger partial charge is 0.320 e. The average molecular weight is 211 g/mol. The first-order chi connectivity index (χ1) is 6.72. The van der Waals surface area contributed by atoms with E-state index in [1.807, 2.05) is 0 Å². The van der Waals surface area contributed by atoms with Crippen molar-refractivity contribution in [3.63, 3.8) is 0 Å². The Morgan fingerprint density at radius 3 is 3.14 bits per heavy atom. The normalized spacial score (nSPS) is 13.9. The third-order valence-electron chi connectivity index (χ3n) is 1.91. The molecule has 0 aliphatic carbocycles. The van der Waals surface area contributed by atoms with E-state index >= 15 is 0 Å². The van der Waals surface area contributed by atoms with Gasteiger partial charge in [-0.1, -0.05) is 11.8 Å². The number of pyridine rings is 1. The van der Waals surface area contributed by atoms with Gasteiger partial charge in [0.15, 0.2) is 0 Å². The van der Waals surface area contributed by atoms with Crippen LogP contribution in [0.4, 0.5) is 10.5 Å². The molecule has 0 unspecified atom stereocenters. The summed E-state index contributed by atoms with van der Waals surface area (Å²) in [7, 11) is 1.56. The van der Waals surface area contributed by atoms with Gasteiger partial charge in [0.1, 0.15) is 5.03 Å². The Morgan fingerprint density at radius 1 is 1.71 bits per heavy atom. The van der Waals surface area contributed by atoms with Gasteiger partial charge in [0.25, 0.3) is 0 Å². The minimum Gasteiger partial charge on any atom is -0.481 e. The van der Waals surface area contributed by atoms with Gasteiger partial charge in [-0.2, -0.15) is 0 Å². The molecule has 0 bridgehead atoms. The lowest BCUT2D eigenvalue weighted by Gasteiger charge is -2.11. The monoisotopic (exact) mass is 211 g/mol. The second-order valence-corrected chi connectivity index (χ2v) is 3.65. The standard InChI is InChI=1S/C8H9N3O2S/c1-13-6-3-2-5-7(10-6)14-4-11(5)8(9)12/h2-3H,4H2,1H3,(H2,9,12). The van der Waals surface area contributed by atoms with Crippen LogP contribution in [0.25, 0.3) is 0 Å². The van der Waals surface area contributed by atoms with Crippen LogP contribution in [0.2, 0.25) is 0 Å². The van der Waals surface area contributed by atoms with E-state index < -0.39 is 6.03 Å². The Morgan fingerprint density at radius 2 is 2.50 bits per heavy atom. The van der Waals surface area contributed by atoms with Crippen LogP contribution in [0, 0.1) is 0 Å². The molecule has 5 nitrogen and oxygen atoms in total. The van der Waals surface area contributed by atoms with Crippen molar-refractivity contribution in [2.24, 2.45) is 5.73 Å². The molecule has 0 saturated carbocycles. The van der Waals surface area contributed by atoms with Gasteiger partial charge in [-0.25, -0.2) is 9.78 Å². The van der Waals surface area contributed by atoms with Crippen molar-refractivity contribution < 1.29 is 9.53 Å². The van der Waals surface area contributed by atoms with Gasteiger partial charge in [0.2, 0.25) is 5.88 Å². The lowest BCUT2D eigenvalue weighted by atomic mass is 10.4. The third kappa shape index (κ3) is 1.37. The van der Waals surface area contributed by atoms with Crippen molar-refractivity contribution in [1.29, 1.82) is 0 Å². The van der Waals surface area contributed by atoms with Gasteiger partial charge in [-0.3, -0.25) is 4.90 Å². The molecule has 0 saturated heterocycles. The van der Waals surface area contributed by atoms with E-state index in [9.17, 15) is 4.79 Å². The third-order valence-corrected chi connectivity index (χ3v) is 2.87. The van der Waals surface area contributed by atoms with Crippen molar-refractivity contribution in [2.45, 2.75) is 5.03 Å². The van der Waals surface area contributed by atoms with E-state index in [-0.39, 0.29) is 0 Å². The number of urea groups is 1.